The number of benzene rings is 1. The fourth-order valence-electron chi connectivity index (χ4n) is 2.00. The molecule has 22 heavy (non-hydrogen) atoms. The number of primary amides is 1. The highest BCUT2D eigenvalue weighted by atomic mass is 16.5. The smallest absolute Gasteiger partial charge is 0.269 e. The van der Waals surface area contributed by atoms with Crippen LogP contribution >= 0.6 is 0 Å². The largest absolute Gasteiger partial charge is 0.493 e. The lowest BCUT2D eigenvalue weighted by atomic mass is 10.1. The molecule has 0 saturated carbocycles. The molecule has 1 heterocycles. The molecule has 1 amide bonds. The van der Waals surface area contributed by atoms with Gasteiger partial charge in [0.05, 0.1) is 6.61 Å². The molecule has 0 bridgehead atoms. The standard InChI is InChI=1S/C16H19N3O3/c1-11-4-5-12(2)14(10-11)22-9-3-8-19-15(20)7-6-13(18-19)16(17)21/h4-7,10H,3,8-9H2,1-2H3,(H2,17,21). The molecule has 1 aromatic heterocycles. The Balaban J connectivity index is 1.94. The third kappa shape index (κ3) is 3.94. The van der Waals surface area contributed by atoms with Gasteiger partial charge < -0.3 is 10.5 Å². The summed E-state index contributed by atoms with van der Waals surface area (Å²) in [6.07, 6.45) is 0.600. The van der Waals surface area contributed by atoms with Crippen molar-refractivity contribution in [3.8, 4) is 5.75 Å². The van der Waals surface area contributed by atoms with Crippen LogP contribution in [0.5, 0.6) is 5.75 Å². The van der Waals surface area contributed by atoms with E-state index in [1.807, 2.05) is 32.0 Å². The maximum atomic E-state index is 11.7. The van der Waals surface area contributed by atoms with Crippen LogP contribution in [0.15, 0.2) is 35.1 Å². The van der Waals surface area contributed by atoms with Crippen molar-refractivity contribution in [1.82, 2.24) is 9.78 Å². The maximum Gasteiger partial charge on any atom is 0.269 e. The first-order chi connectivity index (χ1) is 10.5. The molecule has 0 atom stereocenters. The van der Waals surface area contributed by atoms with Crippen molar-refractivity contribution >= 4 is 5.91 Å². The molecular weight excluding hydrogens is 282 g/mol. The summed E-state index contributed by atoms with van der Waals surface area (Å²) in [6.45, 7) is 4.81. The van der Waals surface area contributed by atoms with Gasteiger partial charge in [0.15, 0.2) is 0 Å². The van der Waals surface area contributed by atoms with Gasteiger partial charge >= 0.3 is 0 Å². The molecule has 0 aliphatic rings. The predicted molar refractivity (Wildman–Crippen MR) is 83.0 cm³/mol. The zero-order valence-corrected chi connectivity index (χ0v) is 12.7. The third-order valence-electron chi connectivity index (χ3n) is 3.23. The zero-order valence-electron chi connectivity index (χ0n) is 12.7. The molecule has 2 N–H and O–H groups in total. The summed E-state index contributed by atoms with van der Waals surface area (Å²) in [4.78, 5) is 22.7. The van der Waals surface area contributed by atoms with Gasteiger partial charge in [0.1, 0.15) is 11.4 Å². The molecule has 0 radical (unpaired) electrons. The van der Waals surface area contributed by atoms with Gasteiger partial charge in [-0.05, 0) is 37.1 Å². The van der Waals surface area contributed by atoms with Crippen LogP contribution in [-0.2, 0) is 6.54 Å². The normalized spacial score (nSPS) is 10.5. The van der Waals surface area contributed by atoms with Crippen molar-refractivity contribution in [2.24, 2.45) is 5.73 Å². The molecule has 116 valence electrons. The Bertz CT molecular complexity index is 738. The number of aryl methyl sites for hydroxylation is 3. The number of hydrogen-bond acceptors (Lipinski definition) is 4. The summed E-state index contributed by atoms with van der Waals surface area (Å²) >= 11 is 0. The lowest BCUT2D eigenvalue weighted by Gasteiger charge is -2.10. The minimum atomic E-state index is -0.652. The molecule has 0 spiro atoms. The van der Waals surface area contributed by atoms with Gasteiger partial charge in [-0.2, -0.15) is 5.10 Å². The van der Waals surface area contributed by atoms with Gasteiger partial charge in [-0.3, -0.25) is 9.59 Å². The fourth-order valence-corrected chi connectivity index (χ4v) is 2.00. The van der Waals surface area contributed by atoms with Crippen molar-refractivity contribution in [1.29, 1.82) is 0 Å². The van der Waals surface area contributed by atoms with Gasteiger partial charge in [-0.25, -0.2) is 4.68 Å². The second kappa shape index (κ2) is 6.89. The minimum absolute atomic E-state index is 0.0787. The van der Waals surface area contributed by atoms with E-state index in [0.717, 1.165) is 16.9 Å². The van der Waals surface area contributed by atoms with E-state index in [-0.39, 0.29) is 11.3 Å². The molecule has 1 aromatic carbocycles. The van der Waals surface area contributed by atoms with Crippen LogP contribution in [0.3, 0.4) is 0 Å². The van der Waals surface area contributed by atoms with Crippen LogP contribution in [0.25, 0.3) is 0 Å². The molecule has 6 nitrogen and oxygen atoms in total. The molecule has 0 aliphatic carbocycles. The van der Waals surface area contributed by atoms with Gasteiger partial charge in [-0.1, -0.05) is 12.1 Å². The van der Waals surface area contributed by atoms with Crippen LogP contribution in [0.1, 0.15) is 28.0 Å². The minimum Gasteiger partial charge on any atom is -0.493 e. The zero-order chi connectivity index (χ0) is 16.1. The Hall–Kier alpha value is -2.63. The van der Waals surface area contributed by atoms with Crippen molar-refractivity contribution in [2.45, 2.75) is 26.8 Å². The predicted octanol–water partition coefficient (Wildman–Crippen LogP) is 1.43. The number of amides is 1. The summed E-state index contributed by atoms with van der Waals surface area (Å²) in [5.74, 6) is 0.187. The summed E-state index contributed by atoms with van der Waals surface area (Å²) in [7, 11) is 0. The van der Waals surface area contributed by atoms with Crippen molar-refractivity contribution < 1.29 is 9.53 Å². The molecule has 6 heteroatoms. The van der Waals surface area contributed by atoms with Crippen LogP contribution in [0, 0.1) is 13.8 Å². The molecule has 0 unspecified atom stereocenters. The number of nitrogens with two attached hydrogens (primary N) is 1. The summed E-state index contributed by atoms with van der Waals surface area (Å²) in [5.41, 5.74) is 7.16. The monoisotopic (exact) mass is 301 g/mol. The van der Waals surface area contributed by atoms with Crippen molar-refractivity contribution in [2.75, 3.05) is 6.61 Å². The average Bonchev–Trinajstić information content (AvgIpc) is 2.48. The first kappa shape index (κ1) is 15.8. The third-order valence-corrected chi connectivity index (χ3v) is 3.23. The first-order valence-corrected chi connectivity index (χ1v) is 7.05. The summed E-state index contributed by atoms with van der Waals surface area (Å²) < 4.78 is 6.95. The number of ether oxygens (including phenoxy) is 1. The van der Waals surface area contributed by atoms with E-state index in [1.165, 1.54) is 16.8 Å². The Morgan fingerprint density at radius 2 is 2.05 bits per heavy atom. The fraction of sp³-hybridized carbons (Fsp3) is 0.312. The van der Waals surface area contributed by atoms with E-state index in [9.17, 15) is 9.59 Å². The van der Waals surface area contributed by atoms with E-state index >= 15 is 0 Å². The summed E-state index contributed by atoms with van der Waals surface area (Å²) in [6, 6.07) is 8.63. The van der Waals surface area contributed by atoms with Crippen LogP contribution in [-0.4, -0.2) is 22.3 Å². The quantitative estimate of drug-likeness (QED) is 0.818. The number of rotatable bonds is 6. The lowest BCUT2D eigenvalue weighted by Crippen LogP contribution is -2.27. The number of hydrogen-bond donors (Lipinski definition) is 1. The van der Waals surface area contributed by atoms with Crippen LogP contribution in [0.2, 0.25) is 0 Å². The van der Waals surface area contributed by atoms with Gasteiger partial charge in [-0.15, -0.1) is 0 Å². The number of carbonyl (C=O) groups excluding carboxylic acids is 1. The second-order valence-electron chi connectivity index (χ2n) is 5.12. The number of carbonyl (C=O) groups is 1. The van der Waals surface area contributed by atoms with Crippen molar-refractivity contribution in [3.63, 3.8) is 0 Å². The highest BCUT2D eigenvalue weighted by Gasteiger charge is 2.06. The van der Waals surface area contributed by atoms with Crippen LogP contribution in [0.4, 0.5) is 0 Å². The first-order valence-electron chi connectivity index (χ1n) is 7.05. The Kier molecular flexibility index (Phi) is 4.93. The average molecular weight is 301 g/mol. The Morgan fingerprint density at radius 1 is 1.27 bits per heavy atom. The van der Waals surface area contributed by atoms with Crippen molar-refractivity contribution in [3.05, 3.63) is 57.5 Å². The van der Waals surface area contributed by atoms with E-state index in [2.05, 4.69) is 5.10 Å². The second-order valence-corrected chi connectivity index (χ2v) is 5.12. The molecule has 2 aromatic rings. The Labute approximate surface area is 128 Å². The topological polar surface area (TPSA) is 87.2 Å². The molecule has 2 rings (SSSR count). The maximum absolute atomic E-state index is 11.7. The van der Waals surface area contributed by atoms with E-state index < -0.39 is 5.91 Å². The van der Waals surface area contributed by atoms with Gasteiger partial charge in [0.2, 0.25) is 0 Å². The van der Waals surface area contributed by atoms with Gasteiger partial charge in [0, 0.05) is 19.0 Å². The molecular formula is C16H19N3O3. The van der Waals surface area contributed by atoms with E-state index in [1.54, 1.807) is 0 Å². The number of nitrogens with zero attached hydrogens (tertiary/aromatic N) is 2. The molecule has 0 fully saturated rings. The SMILES string of the molecule is Cc1ccc(C)c(OCCCn2nc(C(N)=O)ccc2=O)c1. The summed E-state index contributed by atoms with van der Waals surface area (Å²) in [5, 5.41) is 3.92. The lowest BCUT2D eigenvalue weighted by molar-refractivity contribution is 0.0993. The van der Waals surface area contributed by atoms with Gasteiger partial charge in [0.25, 0.3) is 11.5 Å². The number of aromatic nitrogens is 2. The molecule has 0 aliphatic heterocycles. The molecule has 0 saturated heterocycles. The van der Waals surface area contributed by atoms with E-state index in [0.29, 0.717) is 19.6 Å². The van der Waals surface area contributed by atoms with E-state index in [4.69, 9.17) is 10.5 Å². The Morgan fingerprint density at radius 3 is 2.77 bits per heavy atom. The highest BCUT2D eigenvalue weighted by molar-refractivity contribution is 5.90. The highest BCUT2D eigenvalue weighted by Crippen LogP contribution is 2.19. The van der Waals surface area contributed by atoms with Crippen LogP contribution < -0.4 is 16.0 Å².